The van der Waals surface area contributed by atoms with Crippen molar-refractivity contribution in [1.82, 2.24) is 15.2 Å². The van der Waals surface area contributed by atoms with Gasteiger partial charge < -0.3 is 10.1 Å². The second-order valence-corrected chi connectivity index (χ2v) is 6.26. The highest BCUT2D eigenvalue weighted by atomic mass is 35.5. The van der Waals surface area contributed by atoms with E-state index in [-0.39, 0.29) is 18.3 Å². The summed E-state index contributed by atoms with van der Waals surface area (Å²) in [6.45, 7) is 2.05. The molecular weight excluding hydrogens is 361 g/mol. The summed E-state index contributed by atoms with van der Waals surface area (Å²) in [5, 5.41) is 3.22. The molecule has 1 atom stereocenters. The fourth-order valence-corrected chi connectivity index (χ4v) is 2.68. The Labute approximate surface area is 158 Å². The molecule has 1 aliphatic rings. The van der Waals surface area contributed by atoms with Crippen molar-refractivity contribution in [2.75, 3.05) is 20.2 Å². The summed E-state index contributed by atoms with van der Waals surface area (Å²) < 4.78 is 5.79. The number of hydrogen-bond donors (Lipinski definition) is 1. The number of rotatable bonds is 6. The van der Waals surface area contributed by atoms with E-state index in [2.05, 4.69) is 22.2 Å². The molecule has 1 aromatic heterocycles. The first kappa shape index (κ1) is 19.5. The summed E-state index contributed by atoms with van der Waals surface area (Å²) in [4.78, 5) is 18.5. The fourth-order valence-electron chi connectivity index (χ4n) is 2.51. The van der Waals surface area contributed by atoms with Crippen molar-refractivity contribution in [3.63, 3.8) is 0 Å². The topological polar surface area (TPSA) is 54.5 Å². The van der Waals surface area contributed by atoms with Crippen LogP contribution in [0.25, 0.3) is 0 Å². The number of likely N-dealkylation sites (tertiary alicyclic amines) is 1. The number of likely N-dealkylation sites (N-methyl/N-ethyl adjacent to an activating group) is 1. The van der Waals surface area contributed by atoms with Gasteiger partial charge in [0.05, 0.1) is 6.20 Å². The zero-order valence-corrected chi connectivity index (χ0v) is 15.5. The Balaban J connectivity index is 0.00000225. The molecule has 1 amide bonds. The minimum atomic E-state index is -0.144. The van der Waals surface area contributed by atoms with Crippen LogP contribution >= 0.6 is 24.0 Å². The van der Waals surface area contributed by atoms with Gasteiger partial charge in [0, 0.05) is 23.7 Å². The number of nitrogens with zero attached hydrogens (tertiary/aromatic N) is 2. The first-order chi connectivity index (χ1) is 11.6. The molecule has 0 bridgehead atoms. The van der Waals surface area contributed by atoms with Gasteiger partial charge in [-0.2, -0.15) is 0 Å². The molecule has 0 spiro atoms. The van der Waals surface area contributed by atoms with Gasteiger partial charge in [-0.3, -0.25) is 9.69 Å². The molecule has 1 fully saturated rings. The third-order valence-corrected chi connectivity index (χ3v) is 4.58. The lowest BCUT2D eigenvalue weighted by molar-refractivity contribution is 0.0767. The predicted octanol–water partition coefficient (Wildman–Crippen LogP) is 3.17. The second-order valence-electron chi connectivity index (χ2n) is 5.90. The van der Waals surface area contributed by atoms with Crippen molar-refractivity contribution >= 4 is 29.9 Å². The molecule has 2 heterocycles. The molecular formula is C18H21Cl2N3O2. The fraction of sp³-hybridized carbons (Fsp3) is 0.333. The van der Waals surface area contributed by atoms with Crippen molar-refractivity contribution in [2.45, 2.75) is 19.0 Å². The molecule has 2 aromatic rings. The van der Waals surface area contributed by atoms with Crippen LogP contribution in [0, 0.1) is 0 Å². The van der Waals surface area contributed by atoms with Crippen LogP contribution in [0.15, 0.2) is 42.6 Å². The third kappa shape index (κ3) is 5.08. The van der Waals surface area contributed by atoms with Crippen LogP contribution in [-0.2, 0) is 6.54 Å². The molecule has 3 rings (SSSR count). The van der Waals surface area contributed by atoms with E-state index in [9.17, 15) is 4.79 Å². The summed E-state index contributed by atoms with van der Waals surface area (Å²) >= 11 is 6.12. The largest absolute Gasteiger partial charge is 0.490 e. The standard InChI is InChI=1S/C18H20ClN3O2.ClH/c1-22-8-7-15(22)12-24-16-9-14(17(19)20-11-16)10-21-18(23)13-5-3-2-4-6-13;/h2-6,9,11,15H,7-8,10,12H2,1H3,(H,21,23);1H/t15-;/m0./s1. The van der Waals surface area contributed by atoms with Crippen LogP contribution in [0.2, 0.25) is 5.15 Å². The van der Waals surface area contributed by atoms with E-state index in [1.165, 1.54) is 0 Å². The molecule has 0 radical (unpaired) electrons. The first-order valence-electron chi connectivity index (χ1n) is 7.94. The molecule has 5 nitrogen and oxygen atoms in total. The van der Waals surface area contributed by atoms with Crippen LogP contribution in [0.1, 0.15) is 22.3 Å². The van der Waals surface area contributed by atoms with Crippen molar-refractivity contribution in [3.8, 4) is 5.75 Å². The highest BCUT2D eigenvalue weighted by Gasteiger charge is 2.24. The Bertz CT molecular complexity index is 713. The number of carbonyl (C=O) groups excluding carboxylic acids is 1. The lowest BCUT2D eigenvalue weighted by Crippen LogP contribution is -2.48. The average molecular weight is 382 g/mol. The lowest BCUT2D eigenvalue weighted by atomic mass is 10.1. The Morgan fingerprint density at radius 3 is 2.80 bits per heavy atom. The van der Waals surface area contributed by atoms with Gasteiger partial charge in [-0.1, -0.05) is 29.8 Å². The van der Waals surface area contributed by atoms with E-state index in [4.69, 9.17) is 16.3 Å². The van der Waals surface area contributed by atoms with Gasteiger partial charge >= 0.3 is 0 Å². The highest BCUT2D eigenvalue weighted by Crippen LogP contribution is 2.21. The molecule has 0 unspecified atom stereocenters. The van der Waals surface area contributed by atoms with Crippen LogP contribution < -0.4 is 10.1 Å². The minimum Gasteiger partial charge on any atom is -0.490 e. The van der Waals surface area contributed by atoms with E-state index < -0.39 is 0 Å². The number of aromatic nitrogens is 1. The lowest BCUT2D eigenvalue weighted by Gasteiger charge is -2.37. The Hall–Kier alpha value is -1.82. The maximum absolute atomic E-state index is 12.1. The highest BCUT2D eigenvalue weighted by molar-refractivity contribution is 6.30. The van der Waals surface area contributed by atoms with Crippen LogP contribution in [0.4, 0.5) is 0 Å². The zero-order valence-electron chi connectivity index (χ0n) is 13.9. The third-order valence-electron chi connectivity index (χ3n) is 4.24. The first-order valence-corrected chi connectivity index (χ1v) is 8.32. The van der Waals surface area contributed by atoms with Crippen molar-refractivity contribution in [1.29, 1.82) is 0 Å². The number of hydrogen-bond acceptors (Lipinski definition) is 4. The van der Waals surface area contributed by atoms with Crippen LogP contribution in [0.3, 0.4) is 0 Å². The molecule has 25 heavy (non-hydrogen) atoms. The molecule has 0 saturated carbocycles. The number of pyridine rings is 1. The van der Waals surface area contributed by atoms with Crippen LogP contribution in [0.5, 0.6) is 5.75 Å². The van der Waals surface area contributed by atoms with Crippen molar-refractivity contribution in [2.24, 2.45) is 0 Å². The number of benzene rings is 1. The smallest absolute Gasteiger partial charge is 0.251 e. The van der Waals surface area contributed by atoms with E-state index in [1.54, 1.807) is 18.3 Å². The second kappa shape index (κ2) is 9.04. The van der Waals surface area contributed by atoms with Gasteiger partial charge in [0.15, 0.2) is 0 Å². The Morgan fingerprint density at radius 2 is 2.16 bits per heavy atom. The van der Waals surface area contributed by atoms with Crippen molar-refractivity contribution in [3.05, 3.63) is 58.9 Å². The van der Waals surface area contributed by atoms with Gasteiger partial charge in [0.1, 0.15) is 17.5 Å². The summed E-state index contributed by atoms with van der Waals surface area (Å²) in [6, 6.07) is 11.4. The Morgan fingerprint density at radius 1 is 1.40 bits per heavy atom. The van der Waals surface area contributed by atoms with Gasteiger partial charge in [0.2, 0.25) is 0 Å². The van der Waals surface area contributed by atoms with Gasteiger partial charge in [-0.05, 0) is 38.2 Å². The maximum atomic E-state index is 12.1. The number of nitrogens with one attached hydrogen (secondary N) is 1. The summed E-state index contributed by atoms with van der Waals surface area (Å²) in [6.07, 6.45) is 2.76. The molecule has 1 aromatic carbocycles. The SMILES string of the molecule is CN1CC[C@H]1COc1cnc(Cl)c(CNC(=O)c2ccccc2)c1.Cl. The molecule has 7 heteroatoms. The van der Waals surface area contributed by atoms with E-state index >= 15 is 0 Å². The molecule has 134 valence electrons. The summed E-state index contributed by atoms with van der Waals surface area (Å²) in [7, 11) is 2.09. The monoisotopic (exact) mass is 381 g/mol. The van der Waals surface area contributed by atoms with E-state index in [0.717, 1.165) is 18.5 Å². The molecule has 0 aliphatic carbocycles. The Kier molecular flexibility index (Phi) is 7.05. The summed E-state index contributed by atoms with van der Waals surface area (Å²) in [5.41, 5.74) is 1.35. The molecule has 1 N–H and O–H groups in total. The zero-order chi connectivity index (χ0) is 16.9. The average Bonchev–Trinajstić information content (AvgIpc) is 2.61. The van der Waals surface area contributed by atoms with Crippen molar-refractivity contribution < 1.29 is 9.53 Å². The number of halogens is 2. The van der Waals surface area contributed by atoms with Gasteiger partial charge in [-0.25, -0.2) is 4.98 Å². The number of carbonyl (C=O) groups is 1. The number of ether oxygens (including phenoxy) is 1. The molecule has 1 saturated heterocycles. The quantitative estimate of drug-likeness (QED) is 0.780. The normalized spacial score (nSPS) is 16.5. The van der Waals surface area contributed by atoms with Gasteiger partial charge in [-0.15, -0.1) is 12.4 Å². The maximum Gasteiger partial charge on any atom is 0.251 e. The van der Waals surface area contributed by atoms with E-state index in [1.807, 2.05) is 24.3 Å². The minimum absolute atomic E-state index is 0. The van der Waals surface area contributed by atoms with Crippen LogP contribution in [-0.4, -0.2) is 42.0 Å². The predicted molar refractivity (Wildman–Crippen MR) is 101 cm³/mol. The van der Waals surface area contributed by atoms with E-state index in [0.29, 0.717) is 35.7 Å². The molecule has 1 aliphatic heterocycles. The van der Waals surface area contributed by atoms with Gasteiger partial charge in [0.25, 0.3) is 5.91 Å². The summed E-state index contributed by atoms with van der Waals surface area (Å²) in [5.74, 6) is 0.526. The number of amides is 1.